The van der Waals surface area contributed by atoms with Crippen molar-refractivity contribution in [1.29, 1.82) is 0 Å². The van der Waals surface area contributed by atoms with Crippen molar-refractivity contribution in [2.45, 2.75) is 38.8 Å². The van der Waals surface area contributed by atoms with Crippen molar-refractivity contribution in [2.75, 3.05) is 43.0 Å². The third-order valence-corrected chi connectivity index (χ3v) is 6.38. The minimum absolute atomic E-state index is 0. The van der Waals surface area contributed by atoms with Gasteiger partial charge in [0.25, 0.3) is 0 Å². The average molecular weight is 570 g/mol. The van der Waals surface area contributed by atoms with Crippen LogP contribution in [0.3, 0.4) is 0 Å². The summed E-state index contributed by atoms with van der Waals surface area (Å²) >= 11 is 0. The maximum absolute atomic E-state index is 14.1. The molecule has 0 amide bonds. The van der Waals surface area contributed by atoms with Crippen LogP contribution in [-0.4, -0.2) is 50.2 Å². The van der Waals surface area contributed by atoms with E-state index in [2.05, 4.69) is 44.6 Å². The lowest BCUT2D eigenvalue weighted by molar-refractivity contribution is 0.436. The molecule has 0 saturated carbocycles. The van der Waals surface area contributed by atoms with Crippen molar-refractivity contribution < 1.29 is 8.78 Å². The van der Waals surface area contributed by atoms with E-state index in [0.29, 0.717) is 25.6 Å². The monoisotopic (exact) mass is 570 g/mol. The Labute approximate surface area is 211 Å². The molecule has 9 heteroatoms. The highest BCUT2D eigenvalue weighted by Crippen LogP contribution is 2.26. The molecule has 2 aliphatic rings. The van der Waals surface area contributed by atoms with E-state index in [1.54, 1.807) is 11.9 Å². The lowest BCUT2D eigenvalue weighted by Gasteiger charge is -2.31. The number of piperidine rings is 1. The Bertz CT molecular complexity index is 911. The van der Waals surface area contributed by atoms with Gasteiger partial charge in [0, 0.05) is 52.0 Å². The highest BCUT2D eigenvalue weighted by molar-refractivity contribution is 14.0. The zero-order valence-corrected chi connectivity index (χ0v) is 21.6. The number of hydrogen-bond acceptors (Lipinski definition) is 4. The largest absolute Gasteiger partial charge is 0.365 e. The first-order valence-electron chi connectivity index (χ1n) is 11.4. The number of aromatic nitrogens is 1. The van der Waals surface area contributed by atoms with Gasteiger partial charge in [0.05, 0.1) is 0 Å². The molecule has 1 atom stereocenters. The van der Waals surface area contributed by atoms with Crippen molar-refractivity contribution in [3.8, 4) is 0 Å². The maximum atomic E-state index is 14.1. The molecule has 2 aliphatic heterocycles. The molecule has 0 aliphatic carbocycles. The van der Waals surface area contributed by atoms with Crippen LogP contribution in [0.1, 0.15) is 31.7 Å². The van der Waals surface area contributed by atoms with Gasteiger partial charge >= 0.3 is 0 Å². The van der Waals surface area contributed by atoms with E-state index in [-0.39, 0.29) is 35.7 Å². The van der Waals surface area contributed by atoms with Crippen LogP contribution < -0.4 is 20.4 Å². The number of nitrogens with one attached hydrogen (secondary N) is 2. The van der Waals surface area contributed by atoms with E-state index in [1.807, 2.05) is 6.20 Å². The zero-order chi connectivity index (χ0) is 22.5. The summed E-state index contributed by atoms with van der Waals surface area (Å²) in [5.41, 5.74) is 1.12. The number of benzene rings is 1. The van der Waals surface area contributed by atoms with Crippen LogP contribution in [0, 0.1) is 17.6 Å². The molecule has 6 nitrogen and oxygen atoms in total. The van der Waals surface area contributed by atoms with Crippen molar-refractivity contribution >= 4 is 41.4 Å². The van der Waals surface area contributed by atoms with Gasteiger partial charge in [0.2, 0.25) is 0 Å². The quantitative estimate of drug-likeness (QED) is 0.322. The highest BCUT2D eigenvalue weighted by atomic mass is 127. The molecule has 3 heterocycles. The standard InChI is InChI=1S/C24H32F2N6.HI/c1-17-8-11-31(12-9-17)22-7-6-18(14-28-22)15-29-24(27-2)30-19-10-13-32(16-19)23-20(25)4-3-5-21(23)26;/h3-7,14,17,19H,8-13,15-16H2,1-2H3,(H2,27,29,30);1H. The SMILES string of the molecule is CN=C(NCc1ccc(N2CCC(C)CC2)nc1)NC1CCN(c2c(F)cccc2F)C1.I. The number of hydrogen-bond donors (Lipinski definition) is 2. The number of anilines is 2. The van der Waals surface area contributed by atoms with E-state index in [1.165, 1.54) is 31.0 Å². The number of para-hydroxylation sites is 1. The van der Waals surface area contributed by atoms with Crippen LogP contribution in [0.25, 0.3) is 0 Å². The van der Waals surface area contributed by atoms with Gasteiger partial charge in [0.15, 0.2) is 5.96 Å². The van der Waals surface area contributed by atoms with Crippen molar-refractivity contribution in [3.63, 3.8) is 0 Å². The van der Waals surface area contributed by atoms with Crippen LogP contribution in [0.15, 0.2) is 41.5 Å². The van der Waals surface area contributed by atoms with Gasteiger partial charge in [-0.2, -0.15) is 0 Å². The van der Waals surface area contributed by atoms with Crippen LogP contribution >= 0.6 is 24.0 Å². The molecular formula is C24H33F2IN6. The van der Waals surface area contributed by atoms with E-state index >= 15 is 0 Å². The number of guanidine groups is 1. The highest BCUT2D eigenvalue weighted by Gasteiger charge is 2.27. The second-order valence-electron chi connectivity index (χ2n) is 8.77. The van der Waals surface area contributed by atoms with E-state index in [9.17, 15) is 8.78 Å². The topological polar surface area (TPSA) is 55.8 Å². The first-order chi connectivity index (χ1) is 15.5. The molecule has 1 aromatic carbocycles. The maximum Gasteiger partial charge on any atom is 0.191 e. The number of aliphatic imine (C=N–C) groups is 1. The van der Waals surface area contributed by atoms with Crippen LogP contribution in [0.5, 0.6) is 0 Å². The van der Waals surface area contributed by atoms with Gasteiger partial charge in [-0.3, -0.25) is 4.99 Å². The first kappa shape index (κ1) is 25.5. The third-order valence-electron chi connectivity index (χ3n) is 6.38. The molecule has 180 valence electrons. The zero-order valence-electron chi connectivity index (χ0n) is 19.2. The number of pyridine rings is 1. The Hall–Kier alpha value is -2.17. The molecule has 2 saturated heterocycles. The predicted octanol–water partition coefficient (Wildman–Crippen LogP) is 4.16. The minimum atomic E-state index is -0.525. The summed E-state index contributed by atoms with van der Waals surface area (Å²) in [5, 5.41) is 6.68. The molecule has 0 bridgehead atoms. The normalized spacial score (nSPS) is 19.4. The Morgan fingerprint density at radius 3 is 2.39 bits per heavy atom. The van der Waals surface area contributed by atoms with E-state index in [4.69, 9.17) is 0 Å². The Morgan fingerprint density at radius 1 is 1.06 bits per heavy atom. The van der Waals surface area contributed by atoms with Gasteiger partial charge in [-0.1, -0.05) is 19.1 Å². The number of rotatable bonds is 5. The first-order valence-corrected chi connectivity index (χ1v) is 11.4. The predicted molar refractivity (Wildman–Crippen MR) is 141 cm³/mol. The molecule has 0 spiro atoms. The van der Waals surface area contributed by atoms with Crippen molar-refractivity contribution in [2.24, 2.45) is 10.9 Å². The van der Waals surface area contributed by atoms with Crippen LogP contribution in [0.2, 0.25) is 0 Å². The smallest absolute Gasteiger partial charge is 0.191 e. The summed E-state index contributed by atoms with van der Waals surface area (Å²) in [7, 11) is 1.72. The molecule has 33 heavy (non-hydrogen) atoms. The fraction of sp³-hybridized carbons (Fsp3) is 0.500. The summed E-state index contributed by atoms with van der Waals surface area (Å²) in [4.78, 5) is 13.0. The van der Waals surface area contributed by atoms with Gasteiger partial charge in [0.1, 0.15) is 23.1 Å². The van der Waals surface area contributed by atoms with Gasteiger partial charge < -0.3 is 20.4 Å². The Morgan fingerprint density at radius 2 is 1.76 bits per heavy atom. The summed E-state index contributed by atoms with van der Waals surface area (Å²) in [5.74, 6) is 1.45. The van der Waals surface area contributed by atoms with Crippen LogP contribution in [0.4, 0.5) is 20.3 Å². The van der Waals surface area contributed by atoms with E-state index < -0.39 is 11.6 Å². The van der Waals surface area contributed by atoms with Gasteiger partial charge in [-0.25, -0.2) is 13.8 Å². The lowest BCUT2D eigenvalue weighted by Crippen LogP contribution is -2.44. The van der Waals surface area contributed by atoms with Gasteiger partial charge in [-0.15, -0.1) is 24.0 Å². The number of nitrogens with zero attached hydrogens (tertiary/aromatic N) is 4. The lowest BCUT2D eigenvalue weighted by atomic mass is 9.99. The summed E-state index contributed by atoms with van der Waals surface area (Å²) in [6.07, 6.45) is 5.12. The summed E-state index contributed by atoms with van der Waals surface area (Å²) in [6.45, 7) is 6.15. The second-order valence-corrected chi connectivity index (χ2v) is 8.77. The molecular weight excluding hydrogens is 537 g/mol. The second kappa shape index (κ2) is 11.8. The van der Waals surface area contributed by atoms with Crippen LogP contribution in [-0.2, 0) is 6.54 Å². The average Bonchev–Trinajstić information content (AvgIpc) is 3.25. The Balaban J connectivity index is 0.00000306. The number of halogens is 3. The molecule has 0 radical (unpaired) electrons. The molecule has 1 unspecified atom stereocenters. The minimum Gasteiger partial charge on any atom is -0.365 e. The molecule has 2 aromatic rings. The van der Waals surface area contributed by atoms with Crippen molar-refractivity contribution in [1.82, 2.24) is 15.6 Å². The van der Waals surface area contributed by atoms with E-state index in [0.717, 1.165) is 36.8 Å². The van der Waals surface area contributed by atoms with Gasteiger partial charge in [-0.05, 0) is 48.9 Å². The summed E-state index contributed by atoms with van der Waals surface area (Å²) < 4.78 is 28.2. The Kier molecular flexibility index (Phi) is 9.10. The molecule has 2 N–H and O–H groups in total. The fourth-order valence-electron chi connectivity index (χ4n) is 4.39. The molecule has 2 fully saturated rings. The van der Waals surface area contributed by atoms with Crippen molar-refractivity contribution in [3.05, 3.63) is 53.7 Å². The third kappa shape index (κ3) is 6.45. The fourth-order valence-corrected chi connectivity index (χ4v) is 4.39. The summed E-state index contributed by atoms with van der Waals surface area (Å²) in [6, 6.07) is 8.22. The molecule has 1 aromatic heterocycles. The molecule has 4 rings (SSSR count).